The average molecular weight is 186 g/mol. The van der Waals surface area contributed by atoms with Gasteiger partial charge >= 0.3 is 5.97 Å². The van der Waals surface area contributed by atoms with Crippen molar-refractivity contribution in [2.45, 2.75) is 26.2 Å². The molecular formula is C7H10N2O2S. The zero-order chi connectivity index (χ0) is 8.97. The molecule has 1 heterocycles. The number of aryl methyl sites for hydroxylation is 1. The van der Waals surface area contributed by atoms with Crippen LogP contribution in [0.5, 0.6) is 0 Å². The van der Waals surface area contributed by atoms with E-state index in [4.69, 9.17) is 5.11 Å². The lowest BCUT2D eigenvalue weighted by Crippen LogP contribution is -1.93. The number of hydrogen-bond acceptors (Lipinski definition) is 4. The Balaban J connectivity index is 2.58. The summed E-state index contributed by atoms with van der Waals surface area (Å²) in [7, 11) is 0. The molecule has 0 unspecified atom stereocenters. The van der Waals surface area contributed by atoms with Crippen LogP contribution in [-0.2, 0) is 6.42 Å². The fraction of sp³-hybridized carbons (Fsp3) is 0.571. The highest BCUT2D eigenvalue weighted by atomic mass is 32.1. The summed E-state index contributed by atoms with van der Waals surface area (Å²) in [5, 5.41) is 16.7. The Hall–Kier alpha value is -0.970. The van der Waals surface area contributed by atoms with Crippen molar-refractivity contribution in [3.05, 3.63) is 10.0 Å². The van der Waals surface area contributed by atoms with Gasteiger partial charge in [0.15, 0.2) is 0 Å². The highest BCUT2D eigenvalue weighted by Gasteiger charge is 2.09. The minimum atomic E-state index is -0.991. The summed E-state index contributed by atoms with van der Waals surface area (Å²) in [5.74, 6) is -0.991. The number of aromatic nitrogens is 2. The van der Waals surface area contributed by atoms with Gasteiger partial charge in [0.25, 0.3) is 0 Å². The predicted molar refractivity (Wildman–Crippen MR) is 45.5 cm³/mol. The van der Waals surface area contributed by atoms with Crippen LogP contribution >= 0.6 is 11.3 Å². The summed E-state index contributed by atoms with van der Waals surface area (Å²) in [6.45, 7) is 2.08. The Kier molecular flexibility index (Phi) is 3.16. The molecule has 0 aliphatic rings. The largest absolute Gasteiger partial charge is 0.476 e. The zero-order valence-corrected chi connectivity index (χ0v) is 7.60. The molecule has 0 saturated carbocycles. The fourth-order valence-electron chi connectivity index (χ4n) is 0.769. The summed E-state index contributed by atoms with van der Waals surface area (Å²) >= 11 is 1.16. The first-order chi connectivity index (χ1) is 5.74. The van der Waals surface area contributed by atoms with Gasteiger partial charge in [-0.25, -0.2) is 4.79 Å². The number of aromatic carboxylic acids is 1. The third kappa shape index (κ3) is 2.27. The van der Waals surface area contributed by atoms with Crippen molar-refractivity contribution in [2.24, 2.45) is 0 Å². The third-order valence-electron chi connectivity index (χ3n) is 1.39. The molecule has 0 aliphatic carbocycles. The maximum Gasteiger partial charge on any atom is 0.367 e. The van der Waals surface area contributed by atoms with E-state index in [0.717, 1.165) is 35.6 Å². The smallest absolute Gasteiger partial charge is 0.367 e. The molecule has 12 heavy (non-hydrogen) atoms. The van der Waals surface area contributed by atoms with Gasteiger partial charge < -0.3 is 5.11 Å². The molecule has 1 aromatic rings. The van der Waals surface area contributed by atoms with Crippen LogP contribution < -0.4 is 0 Å². The molecule has 0 fully saturated rings. The van der Waals surface area contributed by atoms with Crippen LogP contribution in [0.15, 0.2) is 0 Å². The van der Waals surface area contributed by atoms with Crippen molar-refractivity contribution in [1.82, 2.24) is 10.2 Å². The summed E-state index contributed by atoms with van der Waals surface area (Å²) in [6.07, 6.45) is 2.96. The molecule has 0 aromatic carbocycles. The van der Waals surface area contributed by atoms with E-state index >= 15 is 0 Å². The van der Waals surface area contributed by atoms with E-state index in [2.05, 4.69) is 17.1 Å². The topological polar surface area (TPSA) is 63.1 Å². The molecule has 1 aromatic heterocycles. The molecule has 0 radical (unpaired) electrons. The Bertz CT molecular complexity index is 272. The van der Waals surface area contributed by atoms with Crippen LogP contribution in [-0.4, -0.2) is 21.3 Å². The number of nitrogens with zero attached hydrogens (tertiary/aromatic N) is 2. The van der Waals surface area contributed by atoms with E-state index in [0.29, 0.717) is 0 Å². The lowest BCUT2D eigenvalue weighted by molar-refractivity contribution is 0.0695. The van der Waals surface area contributed by atoms with Crippen LogP contribution in [0.1, 0.15) is 34.6 Å². The average Bonchev–Trinajstić information content (AvgIpc) is 2.48. The first kappa shape index (κ1) is 9.12. The first-order valence-electron chi connectivity index (χ1n) is 3.79. The molecule has 0 amide bonds. The Morgan fingerprint density at radius 3 is 2.83 bits per heavy atom. The molecule has 0 atom stereocenters. The molecule has 1 N–H and O–H groups in total. The highest BCUT2D eigenvalue weighted by molar-refractivity contribution is 7.13. The Labute approximate surface area is 74.3 Å². The van der Waals surface area contributed by atoms with Gasteiger partial charge in [-0.3, -0.25) is 0 Å². The van der Waals surface area contributed by atoms with Crippen molar-refractivity contribution < 1.29 is 9.90 Å². The maximum atomic E-state index is 10.4. The van der Waals surface area contributed by atoms with E-state index in [1.807, 2.05) is 0 Å². The van der Waals surface area contributed by atoms with E-state index in [1.165, 1.54) is 0 Å². The lowest BCUT2D eigenvalue weighted by Gasteiger charge is -1.88. The van der Waals surface area contributed by atoms with E-state index < -0.39 is 5.97 Å². The van der Waals surface area contributed by atoms with E-state index in [-0.39, 0.29) is 5.01 Å². The number of carboxylic acids is 1. The Morgan fingerprint density at radius 2 is 2.33 bits per heavy atom. The normalized spacial score (nSPS) is 10.1. The molecule has 1 rings (SSSR count). The molecule has 0 spiro atoms. The van der Waals surface area contributed by atoms with Crippen LogP contribution in [0.3, 0.4) is 0 Å². The zero-order valence-electron chi connectivity index (χ0n) is 6.78. The standard InChI is InChI=1S/C7H10N2O2S/c1-2-3-4-5-8-9-6(12-5)7(10)11/h2-4H2,1H3,(H,10,11). The van der Waals surface area contributed by atoms with Gasteiger partial charge in [0.05, 0.1) is 0 Å². The van der Waals surface area contributed by atoms with Crippen molar-refractivity contribution in [1.29, 1.82) is 0 Å². The van der Waals surface area contributed by atoms with Crippen LogP contribution in [0.25, 0.3) is 0 Å². The minimum absolute atomic E-state index is 0.0844. The summed E-state index contributed by atoms with van der Waals surface area (Å²) in [4.78, 5) is 10.4. The molecular weight excluding hydrogens is 176 g/mol. The number of carboxylic acid groups (broad SMARTS) is 1. The second-order valence-electron chi connectivity index (χ2n) is 2.41. The molecule has 4 nitrogen and oxygen atoms in total. The van der Waals surface area contributed by atoms with Gasteiger partial charge in [-0.05, 0) is 6.42 Å². The van der Waals surface area contributed by atoms with E-state index in [9.17, 15) is 4.79 Å². The molecule has 66 valence electrons. The SMILES string of the molecule is CCCCc1nnc(C(=O)O)s1. The second kappa shape index (κ2) is 4.15. The number of carbonyl (C=O) groups is 1. The molecule has 0 aliphatic heterocycles. The predicted octanol–water partition coefficient (Wildman–Crippen LogP) is 1.58. The molecule has 0 bridgehead atoms. The molecule has 0 saturated heterocycles. The number of unbranched alkanes of at least 4 members (excludes halogenated alkanes) is 1. The van der Waals surface area contributed by atoms with Gasteiger partial charge in [0.1, 0.15) is 5.01 Å². The summed E-state index contributed by atoms with van der Waals surface area (Å²) in [6, 6.07) is 0. The van der Waals surface area contributed by atoms with Crippen molar-refractivity contribution in [3.63, 3.8) is 0 Å². The van der Waals surface area contributed by atoms with Crippen molar-refractivity contribution >= 4 is 17.3 Å². The number of hydrogen-bond donors (Lipinski definition) is 1. The highest BCUT2D eigenvalue weighted by Crippen LogP contribution is 2.11. The first-order valence-corrected chi connectivity index (χ1v) is 4.61. The summed E-state index contributed by atoms with van der Waals surface area (Å²) in [5.41, 5.74) is 0. The lowest BCUT2D eigenvalue weighted by atomic mass is 10.3. The van der Waals surface area contributed by atoms with Gasteiger partial charge in [-0.15, -0.1) is 10.2 Å². The van der Waals surface area contributed by atoms with E-state index in [1.54, 1.807) is 0 Å². The monoisotopic (exact) mass is 186 g/mol. The van der Waals surface area contributed by atoms with Crippen LogP contribution in [0.4, 0.5) is 0 Å². The fourth-order valence-corrected chi connectivity index (χ4v) is 1.49. The van der Waals surface area contributed by atoms with Gasteiger partial charge in [-0.1, -0.05) is 24.7 Å². The Morgan fingerprint density at radius 1 is 1.58 bits per heavy atom. The molecule has 5 heteroatoms. The third-order valence-corrected chi connectivity index (χ3v) is 2.37. The van der Waals surface area contributed by atoms with Gasteiger partial charge in [0, 0.05) is 6.42 Å². The minimum Gasteiger partial charge on any atom is -0.476 e. The van der Waals surface area contributed by atoms with Crippen molar-refractivity contribution in [3.8, 4) is 0 Å². The van der Waals surface area contributed by atoms with Crippen LogP contribution in [0.2, 0.25) is 0 Å². The van der Waals surface area contributed by atoms with Gasteiger partial charge in [-0.2, -0.15) is 0 Å². The van der Waals surface area contributed by atoms with Crippen molar-refractivity contribution in [2.75, 3.05) is 0 Å². The van der Waals surface area contributed by atoms with Crippen LogP contribution in [0, 0.1) is 0 Å². The second-order valence-corrected chi connectivity index (χ2v) is 3.47. The quantitative estimate of drug-likeness (QED) is 0.775. The number of rotatable bonds is 4. The van der Waals surface area contributed by atoms with Gasteiger partial charge in [0.2, 0.25) is 5.01 Å². The summed E-state index contributed by atoms with van der Waals surface area (Å²) < 4.78 is 0. The maximum absolute atomic E-state index is 10.4.